The number of likely N-dealkylation sites (tertiary alicyclic amines) is 2. The number of alkyl halides is 2. The van der Waals surface area contributed by atoms with Crippen molar-refractivity contribution in [1.29, 1.82) is 0 Å². The Kier molecular flexibility index (Phi) is 12.0. The fraction of sp³-hybridized carbons (Fsp3) is 0.469. The molecule has 0 atom stereocenters. The van der Waals surface area contributed by atoms with E-state index in [1.807, 2.05) is 64.0 Å². The lowest BCUT2D eigenvalue weighted by Gasteiger charge is -2.37. The zero-order valence-corrected chi connectivity index (χ0v) is 37.6. The molecule has 66 heavy (non-hydrogen) atoms. The number of anilines is 3. The van der Waals surface area contributed by atoms with Crippen LogP contribution in [-0.4, -0.2) is 117 Å². The molecule has 10 rings (SSSR count). The Morgan fingerprint density at radius 1 is 0.879 bits per heavy atom. The lowest BCUT2D eigenvalue weighted by molar-refractivity contribution is -0.138. The Hall–Kier alpha value is -6.36. The highest BCUT2D eigenvalue weighted by Crippen LogP contribution is 2.45. The Morgan fingerprint density at radius 3 is 2.41 bits per heavy atom. The minimum Gasteiger partial charge on any atom is -0.492 e. The summed E-state index contributed by atoms with van der Waals surface area (Å²) in [4.78, 5) is 64.5. The quantitative estimate of drug-likeness (QED) is 0.161. The van der Waals surface area contributed by atoms with Gasteiger partial charge in [-0.25, -0.2) is 13.6 Å². The molecule has 5 aromatic rings. The SMILES string of the molecule is CC(=O)N1CCc2c(c(N3CCCc4cc(-c5cn(C)c6ccncc56)c(C(F)F)cc43)nn2C2CCN(C(=O)C3CCN(CCOc4ccc(N5CCC(=O)NC5=O)cc4)CC3)CC2)C1. The molecule has 5 aliphatic rings. The topological polar surface area (TPSA) is 141 Å². The van der Waals surface area contributed by atoms with Gasteiger partial charge in [0.25, 0.3) is 6.43 Å². The van der Waals surface area contributed by atoms with E-state index >= 15 is 8.78 Å². The third-order valence-electron chi connectivity index (χ3n) is 14.4. The normalized spacial score (nSPS) is 18.8. The first kappa shape index (κ1) is 43.5. The lowest BCUT2D eigenvalue weighted by atomic mass is 9.91. The number of halogens is 2. The third kappa shape index (κ3) is 8.37. The average Bonchev–Trinajstić information content (AvgIpc) is 3.88. The van der Waals surface area contributed by atoms with Crippen LogP contribution in [0.3, 0.4) is 0 Å². The number of amides is 5. The molecule has 5 amide bonds. The molecular formula is C49H56F2N10O5. The minimum atomic E-state index is -2.70. The molecule has 3 fully saturated rings. The van der Waals surface area contributed by atoms with Crippen molar-refractivity contribution in [1.82, 2.24) is 39.3 Å². The van der Waals surface area contributed by atoms with Crippen LogP contribution in [0.1, 0.15) is 80.3 Å². The number of pyridine rings is 1. The van der Waals surface area contributed by atoms with Crippen LogP contribution >= 0.6 is 0 Å². The maximum atomic E-state index is 15.1. The van der Waals surface area contributed by atoms with Gasteiger partial charge in [0.1, 0.15) is 12.4 Å². The monoisotopic (exact) mass is 902 g/mol. The number of benzene rings is 2. The van der Waals surface area contributed by atoms with Crippen LogP contribution in [0, 0.1) is 5.92 Å². The largest absolute Gasteiger partial charge is 0.492 e. The second kappa shape index (κ2) is 18.1. The second-order valence-corrected chi connectivity index (χ2v) is 18.3. The highest BCUT2D eigenvalue weighted by Gasteiger charge is 2.37. The maximum Gasteiger partial charge on any atom is 0.328 e. The van der Waals surface area contributed by atoms with Crippen molar-refractivity contribution in [2.24, 2.45) is 13.0 Å². The number of ether oxygens (including phenoxy) is 1. The standard InChI is InChI=1S/C49H56F2N10O5/c1-31(62)58-22-14-43-41(30-58)47(60-17-3-4-33-26-37(38(46(50)51)27-44(33)60)40-29-55(2)42-9-16-52-28-39(40)42)54-61(43)35-12-20-57(21-13-35)48(64)32-10-18-56(19-11-32)24-25-66-36-7-5-34(6-8-36)59-23-15-45(63)53-49(59)65/h5-9,16,26-29,32,35,46H,3-4,10-15,17-25,30H2,1-2H3,(H,53,63,65). The average molecular weight is 903 g/mol. The number of aryl methyl sites for hydroxylation is 2. The number of rotatable bonds is 10. The van der Waals surface area contributed by atoms with E-state index in [1.54, 1.807) is 30.3 Å². The van der Waals surface area contributed by atoms with E-state index in [0.29, 0.717) is 69.3 Å². The van der Waals surface area contributed by atoms with E-state index in [4.69, 9.17) is 9.84 Å². The van der Waals surface area contributed by atoms with Crippen molar-refractivity contribution in [2.75, 3.05) is 68.8 Å². The van der Waals surface area contributed by atoms with Crippen LogP contribution in [0.2, 0.25) is 0 Å². The Balaban J connectivity index is 0.788. The predicted octanol–water partition coefficient (Wildman–Crippen LogP) is 6.76. The summed E-state index contributed by atoms with van der Waals surface area (Å²) in [5, 5.41) is 8.50. The zero-order valence-electron chi connectivity index (χ0n) is 37.6. The molecule has 3 aromatic heterocycles. The molecular weight excluding hydrogens is 847 g/mol. The summed E-state index contributed by atoms with van der Waals surface area (Å²) >= 11 is 0. The second-order valence-electron chi connectivity index (χ2n) is 18.3. The van der Waals surface area contributed by atoms with Crippen molar-refractivity contribution >= 4 is 51.8 Å². The molecule has 0 aliphatic carbocycles. The van der Waals surface area contributed by atoms with Gasteiger partial charge in [-0.3, -0.25) is 39.2 Å². The van der Waals surface area contributed by atoms with Crippen LogP contribution in [-0.2, 0) is 40.8 Å². The van der Waals surface area contributed by atoms with Crippen molar-refractivity contribution in [3.63, 3.8) is 0 Å². The Morgan fingerprint density at radius 2 is 1.67 bits per heavy atom. The molecule has 0 unspecified atom stereocenters. The molecule has 17 heteroatoms. The van der Waals surface area contributed by atoms with Gasteiger partial charge in [0, 0.05) is 130 Å². The fourth-order valence-electron chi connectivity index (χ4n) is 10.8. The number of imide groups is 1. The van der Waals surface area contributed by atoms with E-state index in [1.165, 1.54) is 0 Å². The van der Waals surface area contributed by atoms with Crippen LogP contribution in [0.4, 0.5) is 30.8 Å². The highest BCUT2D eigenvalue weighted by atomic mass is 19.3. The van der Waals surface area contributed by atoms with E-state index < -0.39 is 12.5 Å². The number of fused-ring (bicyclic) bond motifs is 3. The molecule has 0 radical (unpaired) electrons. The number of carbonyl (C=O) groups excluding carboxylic acids is 4. The minimum absolute atomic E-state index is 0.00659. The number of piperidine rings is 2. The Bertz CT molecular complexity index is 2670. The fourth-order valence-corrected chi connectivity index (χ4v) is 10.8. The lowest BCUT2D eigenvalue weighted by Crippen LogP contribution is -2.49. The van der Waals surface area contributed by atoms with Gasteiger partial charge in [-0.05, 0) is 105 Å². The van der Waals surface area contributed by atoms with Gasteiger partial charge in [-0.2, -0.15) is 5.10 Å². The van der Waals surface area contributed by atoms with Crippen LogP contribution in [0.15, 0.2) is 61.1 Å². The van der Waals surface area contributed by atoms with Crippen molar-refractivity contribution in [3.05, 3.63) is 83.4 Å². The summed E-state index contributed by atoms with van der Waals surface area (Å²) in [6.45, 7) is 7.70. The smallest absolute Gasteiger partial charge is 0.328 e. The highest BCUT2D eigenvalue weighted by molar-refractivity contribution is 6.05. The van der Waals surface area contributed by atoms with E-state index in [-0.39, 0.29) is 41.7 Å². The molecule has 0 spiro atoms. The molecule has 2 aromatic carbocycles. The third-order valence-corrected chi connectivity index (χ3v) is 14.4. The number of hydrogen-bond acceptors (Lipinski definition) is 9. The molecule has 15 nitrogen and oxygen atoms in total. The first-order valence-corrected chi connectivity index (χ1v) is 23.3. The van der Waals surface area contributed by atoms with Gasteiger partial charge in [0.2, 0.25) is 17.7 Å². The number of nitrogens with one attached hydrogen (secondary N) is 1. The summed E-state index contributed by atoms with van der Waals surface area (Å²) in [7, 11) is 1.92. The zero-order chi connectivity index (χ0) is 45.6. The van der Waals surface area contributed by atoms with E-state index in [0.717, 1.165) is 103 Å². The van der Waals surface area contributed by atoms with Gasteiger partial charge in [0.05, 0.1) is 18.1 Å². The predicted molar refractivity (Wildman–Crippen MR) is 245 cm³/mol. The van der Waals surface area contributed by atoms with Crippen LogP contribution in [0.5, 0.6) is 5.75 Å². The van der Waals surface area contributed by atoms with E-state index in [9.17, 15) is 19.2 Å². The molecule has 5 aliphatic heterocycles. The Labute approximate surface area is 382 Å². The summed E-state index contributed by atoms with van der Waals surface area (Å²) < 4.78 is 40.3. The molecule has 1 N–H and O–H groups in total. The number of hydrogen-bond donors (Lipinski definition) is 1. The van der Waals surface area contributed by atoms with Gasteiger partial charge in [0.15, 0.2) is 5.82 Å². The molecule has 346 valence electrons. The summed E-state index contributed by atoms with van der Waals surface area (Å²) in [6.07, 6.45) is 8.25. The maximum absolute atomic E-state index is 15.1. The molecule has 8 heterocycles. The number of urea groups is 1. The van der Waals surface area contributed by atoms with E-state index in [2.05, 4.69) is 24.8 Å². The summed E-state index contributed by atoms with van der Waals surface area (Å²) in [5.41, 5.74) is 6.65. The van der Waals surface area contributed by atoms with Crippen molar-refractivity contribution in [2.45, 2.75) is 77.3 Å². The van der Waals surface area contributed by atoms with Gasteiger partial charge in [-0.15, -0.1) is 0 Å². The van der Waals surface area contributed by atoms with Crippen molar-refractivity contribution < 1.29 is 32.7 Å². The summed E-state index contributed by atoms with van der Waals surface area (Å²) in [5.74, 6) is 1.36. The van der Waals surface area contributed by atoms with Crippen LogP contribution < -0.4 is 19.9 Å². The first-order valence-electron chi connectivity index (χ1n) is 23.3. The van der Waals surface area contributed by atoms with Crippen molar-refractivity contribution in [3.8, 4) is 16.9 Å². The number of carbonyl (C=O) groups is 4. The van der Waals surface area contributed by atoms with Gasteiger partial charge < -0.3 is 24.0 Å². The first-order chi connectivity index (χ1) is 32.0. The number of aromatic nitrogens is 4. The molecule has 3 saturated heterocycles. The van der Waals surface area contributed by atoms with Crippen LogP contribution in [0.25, 0.3) is 22.0 Å². The van der Waals surface area contributed by atoms with Gasteiger partial charge in [-0.1, -0.05) is 0 Å². The molecule has 0 bridgehead atoms. The van der Waals surface area contributed by atoms with Gasteiger partial charge >= 0.3 is 6.03 Å². The molecule has 0 saturated carbocycles. The summed E-state index contributed by atoms with van der Waals surface area (Å²) in [6, 6.07) is 12.4. The number of nitrogens with zero attached hydrogens (tertiary/aromatic N) is 9.